The van der Waals surface area contributed by atoms with E-state index in [1.807, 2.05) is 36.5 Å². The summed E-state index contributed by atoms with van der Waals surface area (Å²) in [6.45, 7) is 0.605. The van der Waals surface area contributed by atoms with E-state index in [2.05, 4.69) is 15.7 Å². The van der Waals surface area contributed by atoms with E-state index in [1.54, 1.807) is 16.0 Å². The molecule has 6 heteroatoms. The third kappa shape index (κ3) is 4.19. The predicted octanol–water partition coefficient (Wildman–Crippen LogP) is 4.11. The number of nitrogens with zero attached hydrogens (tertiary/aromatic N) is 4. The quantitative estimate of drug-likeness (QED) is 0.711. The van der Waals surface area contributed by atoms with Crippen LogP contribution in [0.15, 0.2) is 41.9 Å². The van der Waals surface area contributed by atoms with Crippen LogP contribution in [0.4, 0.5) is 0 Å². The number of aromatic nitrogens is 4. The number of benzene rings is 1. The van der Waals surface area contributed by atoms with Gasteiger partial charge in [0.15, 0.2) is 0 Å². The summed E-state index contributed by atoms with van der Waals surface area (Å²) < 4.78 is 1.77. The van der Waals surface area contributed by atoms with Crippen LogP contribution < -0.4 is 0 Å². The second-order valence-corrected chi connectivity index (χ2v) is 7.95. The highest BCUT2D eigenvalue weighted by atomic mass is 32.1. The molecule has 1 atom stereocenters. The second-order valence-electron chi connectivity index (χ2n) is 7.06. The van der Waals surface area contributed by atoms with E-state index in [0.717, 1.165) is 11.3 Å². The molecule has 0 spiro atoms. The van der Waals surface area contributed by atoms with Crippen LogP contribution in [0.5, 0.6) is 0 Å². The Hall–Kier alpha value is -2.05. The summed E-state index contributed by atoms with van der Waals surface area (Å²) in [6.07, 6.45) is 8.28. The summed E-state index contributed by atoms with van der Waals surface area (Å²) in [5.41, 5.74) is 2.73. The van der Waals surface area contributed by atoms with E-state index in [9.17, 15) is 5.11 Å². The van der Waals surface area contributed by atoms with Crippen molar-refractivity contribution in [1.29, 1.82) is 0 Å². The molecule has 0 aliphatic heterocycles. The topological polar surface area (TPSA) is 63.8 Å². The number of aliphatic hydroxyl groups excluding tert-OH is 1. The van der Waals surface area contributed by atoms with Crippen LogP contribution in [0.3, 0.4) is 0 Å². The van der Waals surface area contributed by atoms with Crippen LogP contribution >= 0.6 is 11.3 Å². The standard InChI is InChI=1S/C20H24N4OS/c25-19(11-15-7-3-1-4-8-15)18-13-24(23-22-18)12-17-14-26-20(21-17)16-9-5-2-6-10-16/h1,3-4,7-8,13-14,16,19,25H,2,5-6,9-12H2. The largest absolute Gasteiger partial charge is 0.386 e. The fourth-order valence-electron chi connectivity index (χ4n) is 3.58. The molecule has 1 aliphatic rings. The molecule has 1 aliphatic carbocycles. The maximum Gasteiger partial charge on any atom is 0.112 e. The highest BCUT2D eigenvalue weighted by Crippen LogP contribution is 2.34. The first-order valence-corrected chi connectivity index (χ1v) is 10.2. The Morgan fingerprint density at radius 2 is 1.96 bits per heavy atom. The van der Waals surface area contributed by atoms with E-state index in [4.69, 9.17) is 4.98 Å². The van der Waals surface area contributed by atoms with Crippen molar-refractivity contribution in [1.82, 2.24) is 20.0 Å². The van der Waals surface area contributed by atoms with E-state index < -0.39 is 6.10 Å². The summed E-state index contributed by atoms with van der Waals surface area (Å²) in [5, 5.41) is 22.1. The van der Waals surface area contributed by atoms with E-state index >= 15 is 0 Å². The molecule has 2 heterocycles. The SMILES string of the molecule is OC(Cc1ccccc1)c1cn(Cc2csc(C3CCCCC3)n2)nn1. The van der Waals surface area contributed by atoms with Gasteiger partial charge in [-0.3, -0.25) is 0 Å². The minimum absolute atomic E-state index is 0.544. The number of thiazole rings is 1. The Labute approximate surface area is 157 Å². The Kier molecular flexibility index (Phi) is 5.41. The lowest BCUT2D eigenvalue weighted by atomic mass is 9.90. The van der Waals surface area contributed by atoms with Crippen molar-refractivity contribution in [2.45, 2.75) is 57.1 Å². The van der Waals surface area contributed by atoms with Crippen molar-refractivity contribution in [3.63, 3.8) is 0 Å². The first-order chi connectivity index (χ1) is 12.8. The normalized spacial score (nSPS) is 16.7. The fourth-order valence-corrected chi connectivity index (χ4v) is 4.57. The van der Waals surface area contributed by atoms with Crippen molar-refractivity contribution in [2.75, 3.05) is 0 Å². The molecule has 1 saturated carbocycles. The monoisotopic (exact) mass is 368 g/mol. The van der Waals surface area contributed by atoms with Gasteiger partial charge in [0.1, 0.15) is 11.8 Å². The molecular weight excluding hydrogens is 344 g/mol. The molecular formula is C20H24N4OS. The molecule has 0 saturated heterocycles. The van der Waals surface area contributed by atoms with Gasteiger partial charge in [0.05, 0.1) is 23.4 Å². The van der Waals surface area contributed by atoms with E-state index in [-0.39, 0.29) is 0 Å². The van der Waals surface area contributed by atoms with Crippen LogP contribution in [0, 0.1) is 0 Å². The maximum atomic E-state index is 10.4. The number of hydrogen-bond acceptors (Lipinski definition) is 5. The van der Waals surface area contributed by atoms with E-state index in [0.29, 0.717) is 24.6 Å². The second kappa shape index (κ2) is 8.10. The zero-order valence-electron chi connectivity index (χ0n) is 14.8. The highest BCUT2D eigenvalue weighted by molar-refractivity contribution is 7.09. The molecule has 3 aromatic rings. The molecule has 26 heavy (non-hydrogen) atoms. The minimum Gasteiger partial charge on any atom is -0.386 e. The third-order valence-electron chi connectivity index (χ3n) is 5.02. The Bertz CT molecular complexity index is 823. The van der Waals surface area contributed by atoms with Crippen molar-refractivity contribution < 1.29 is 5.11 Å². The summed E-state index contributed by atoms with van der Waals surface area (Å²) in [4.78, 5) is 4.82. The first-order valence-electron chi connectivity index (χ1n) is 9.34. The van der Waals surface area contributed by atoms with Crippen LogP contribution in [-0.4, -0.2) is 25.1 Å². The predicted molar refractivity (Wildman–Crippen MR) is 102 cm³/mol. The third-order valence-corrected chi connectivity index (χ3v) is 6.07. The van der Waals surface area contributed by atoms with Crippen LogP contribution in [0.2, 0.25) is 0 Å². The van der Waals surface area contributed by atoms with Gasteiger partial charge in [-0.1, -0.05) is 54.8 Å². The molecule has 1 fully saturated rings. The van der Waals surface area contributed by atoms with Crippen molar-refractivity contribution in [3.8, 4) is 0 Å². The van der Waals surface area contributed by atoms with Crippen LogP contribution in [0.1, 0.15) is 66.1 Å². The maximum absolute atomic E-state index is 10.4. The Morgan fingerprint density at radius 1 is 1.15 bits per heavy atom. The minimum atomic E-state index is -0.639. The molecule has 2 aromatic heterocycles. The van der Waals surface area contributed by atoms with Gasteiger partial charge < -0.3 is 5.11 Å². The summed E-state index contributed by atoms with van der Waals surface area (Å²) in [6, 6.07) is 9.95. The van der Waals surface area contributed by atoms with Gasteiger partial charge in [-0.2, -0.15) is 0 Å². The lowest BCUT2D eigenvalue weighted by Crippen LogP contribution is -2.05. The number of aliphatic hydroxyl groups is 1. The molecule has 1 N–H and O–H groups in total. The fraction of sp³-hybridized carbons (Fsp3) is 0.450. The Balaban J connectivity index is 1.38. The molecule has 0 radical (unpaired) electrons. The molecule has 136 valence electrons. The Morgan fingerprint density at radius 3 is 2.77 bits per heavy atom. The molecule has 5 nitrogen and oxygen atoms in total. The number of rotatable bonds is 6. The molecule has 4 rings (SSSR count). The highest BCUT2D eigenvalue weighted by Gasteiger charge is 2.19. The summed E-state index contributed by atoms with van der Waals surface area (Å²) >= 11 is 1.77. The van der Waals surface area contributed by atoms with E-state index in [1.165, 1.54) is 37.1 Å². The molecule has 1 aromatic carbocycles. The molecule has 0 bridgehead atoms. The number of hydrogen-bond donors (Lipinski definition) is 1. The zero-order valence-corrected chi connectivity index (χ0v) is 15.6. The first kappa shape index (κ1) is 17.4. The lowest BCUT2D eigenvalue weighted by molar-refractivity contribution is 0.173. The lowest BCUT2D eigenvalue weighted by Gasteiger charge is -2.18. The average Bonchev–Trinajstić information content (AvgIpc) is 3.33. The zero-order chi connectivity index (χ0) is 17.8. The van der Waals surface area contributed by atoms with Crippen molar-refractivity contribution >= 4 is 11.3 Å². The van der Waals surface area contributed by atoms with Gasteiger partial charge in [-0.25, -0.2) is 9.67 Å². The summed E-state index contributed by atoms with van der Waals surface area (Å²) in [5.74, 6) is 0.640. The summed E-state index contributed by atoms with van der Waals surface area (Å²) in [7, 11) is 0. The smallest absolute Gasteiger partial charge is 0.112 e. The molecule has 1 unspecified atom stereocenters. The van der Waals surface area contributed by atoms with Crippen LogP contribution in [-0.2, 0) is 13.0 Å². The average molecular weight is 369 g/mol. The van der Waals surface area contributed by atoms with Crippen molar-refractivity contribution in [2.24, 2.45) is 0 Å². The van der Waals surface area contributed by atoms with Gasteiger partial charge in [0.25, 0.3) is 0 Å². The van der Waals surface area contributed by atoms with Gasteiger partial charge in [-0.05, 0) is 18.4 Å². The van der Waals surface area contributed by atoms with Gasteiger partial charge in [0.2, 0.25) is 0 Å². The van der Waals surface area contributed by atoms with Crippen molar-refractivity contribution in [3.05, 3.63) is 63.9 Å². The van der Waals surface area contributed by atoms with Crippen LogP contribution in [0.25, 0.3) is 0 Å². The van der Waals surface area contributed by atoms with Gasteiger partial charge in [0, 0.05) is 17.7 Å². The van der Waals surface area contributed by atoms with Gasteiger partial charge in [-0.15, -0.1) is 16.4 Å². The van der Waals surface area contributed by atoms with Gasteiger partial charge >= 0.3 is 0 Å². The molecule has 0 amide bonds.